The van der Waals surface area contributed by atoms with Crippen LogP contribution in [0.2, 0.25) is 5.02 Å². The van der Waals surface area contributed by atoms with Gasteiger partial charge in [-0.3, -0.25) is 4.79 Å². The van der Waals surface area contributed by atoms with Crippen LogP contribution in [0.1, 0.15) is 30.7 Å². The van der Waals surface area contributed by atoms with Crippen molar-refractivity contribution in [2.45, 2.75) is 30.3 Å². The van der Waals surface area contributed by atoms with Gasteiger partial charge in [-0.15, -0.1) is 11.8 Å². The van der Waals surface area contributed by atoms with Crippen LogP contribution in [0, 0.1) is 0 Å². The van der Waals surface area contributed by atoms with Gasteiger partial charge in [0.15, 0.2) is 5.82 Å². The van der Waals surface area contributed by atoms with Gasteiger partial charge in [0.25, 0.3) is 5.89 Å². The Labute approximate surface area is 149 Å². The SMILES string of the molecule is O=C(CSc1ccc(Cl)cc1)NCCc1noc([C@H]2CCCO2)n1. The first-order chi connectivity index (χ1) is 11.7. The molecule has 1 amide bonds. The predicted octanol–water partition coefficient (Wildman–Crippen LogP) is 3.03. The summed E-state index contributed by atoms with van der Waals surface area (Å²) < 4.78 is 10.7. The summed E-state index contributed by atoms with van der Waals surface area (Å²) in [6.07, 6.45) is 2.40. The second-order valence-corrected chi connectivity index (χ2v) is 6.88. The average molecular weight is 368 g/mol. The molecule has 1 aliphatic rings. The molecular weight excluding hydrogens is 350 g/mol. The zero-order chi connectivity index (χ0) is 16.8. The number of rotatable bonds is 7. The molecule has 1 aromatic carbocycles. The Morgan fingerprint density at radius 1 is 1.38 bits per heavy atom. The van der Waals surface area contributed by atoms with Crippen LogP contribution in [0.15, 0.2) is 33.7 Å². The van der Waals surface area contributed by atoms with Crippen LogP contribution >= 0.6 is 23.4 Å². The lowest BCUT2D eigenvalue weighted by molar-refractivity contribution is -0.118. The molecule has 1 aromatic heterocycles. The topological polar surface area (TPSA) is 77.2 Å². The van der Waals surface area contributed by atoms with Gasteiger partial charge in [0.05, 0.1) is 5.75 Å². The Kier molecular flexibility index (Phi) is 6.12. The highest BCUT2D eigenvalue weighted by Gasteiger charge is 2.23. The first-order valence-electron chi connectivity index (χ1n) is 7.80. The number of aromatic nitrogens is 2. The maximum absolute atomic E-state index is 11.8. The maximum atomic E-state index is 11.8. The van der Waals surface area contributed by atoms with Crippen molar-refractivity contribution in [1.29, 1.82) is 0 Å². The van der Waals surface area contributed by atoms with E-state index in [1.165, 1.54) is 11.8 Å². The van der Waals surface area contributed by atoms with Crippen molar-refractivity contribution in [3.8, 4) is 0 Å². The van der Waals surface area contributed by atoms with E-state index in [1.807, 2.05) is 24.3 Å². The normalized spacial score (nSPS) is 17.1. The number of benzene rings is 1. The molecule has 0 bridgehead atoms. The fraction of sp³-hybridized carbons (Fsp3) is 0.438. The first-order valence-corrected chi connectivity index (χ1v) is 9.16. The van der Waals surface area contributed by atoms with E-state index in [9.17, 15) is 4.79 Å². The van der Waals surface area contributed by atoms with E-state index in [1.54, 1.807) is 0 Å². The van der Waals surface area contributed by atoms with Gasteiger partial charge in [0, 0.05) is 29.5 Å². The summed E-state index contributed by atoms with van der Waals surface area (Å²) in [4.78, 5) is 17.2. The van der Waals surface area contributed by atoms with Gasteiger partial charge >= 0.3 is 0 Å². The Balaban J connectivity index is 1.36. The number of thioether (sulfide) groups is 1. The third kappa shape index (κ3) is 4.96. The molecule has 0 unspecified atom stereocenters. The molecular formula is C16H18ClN3O3S. The van der Waals surface area contributed by atoms with Crippen molar-refractivity contribution in [2.75, 3.05) is 18.9 Å². The van der Waals surface area contributed by atoms with Gasteiger partial charge < -0.3 is 14.6 Å². The number of hydrogen-bond acceptors (Lipinski definition) is 6. The molecule has 3 rings (SSSR count). The highest BCUT2D eigenvalue weighted by Crippen LogP contribution is 2.26. The second-order valence-electron chi connectivity index (χ2n) is 5.39. The molecule has 6 nitrogen and oxygen atoms in total. The molecule has 1 aliphatic heterocycles. The minimum atomic E-state index is -0.0726. The van der Waals surface area contributed by atoms with E-state index in [0.29, 0.717) is 35.5 Å². The summed E-state index contributed by atoms with van der Waals surface area (Å²) in [5.74, 6) is 1.45. The zero-order valence-corrected chi connectivity index (χ0v) is 14.6. The minimum Gasteiger partial charge on any atom is -0.368 e. The second kappa shape index (κ2) is 8.50. The standard InChI is InChI=1S/C16H18ClN3O3S/c17-11-3-5-12(6-4-11)24-10-15(21)18-8-7-14-19-16(23-20-14)13-2-1-9-22-13/h3-6,13H,1-2,7-10H2,(H,18,21)/t13-/m1/s1. The van der Waals surface area contributed by atoms with Crippen LogP contribution in [0.25, 0.3) is 0 Å². The Bertz CT molecular complexity index is 671. The van der Waals surface area contributed by atoms with Crippen LogP contribution < -0.4 is 5.32 Å². The monoisotopic (exact) mass is 367 g/mol. The van der Waals surface area contributed by atoms with Crippen LogP contribution in [0.5, 0.6) is 0 Å². The number of ether oxygens (including phenoxy) is 1. The number of amides is 1. The summed E-state index contributed by atoms with van der Waals surface area (Å²) in [7, 11) is 0. The van der Waals surface area contributed by atoms with Crippen LogP contribution in [-0.4, -0.2) is 35.0 Å². The molecule has 1 N–H and O–H groups in total. The maximum Gasteiger partial charge on any atom is 0.255 e. The van der Waals surface area contributed by atoms with E-state index in [-0.39, 0.29) is 12.0 Å². The molecule has 0 spiro atoms. The molecule has 128 valence electrons. The van der Waals surface area contributed by atoms with Gasteiger partial charge in [-0.05, 0) is 37.1 Å². The highest BCUT2D eigenvalue weighted by atomic mass is 35.5. The van der Waals surface area contributed by atoms with E-state index < -0.39 is 0 Å². The summed E-state index contributed by atoms with van der Waals surface area (Å²) in [5.41, 5.74) is 0. The number of halogens is 1. The smallest absolute Gasteiger partial charge is 0.255 e. The Morgan fingerprint density at radius 2 is 2.21 bits per heavy atom. The van der Waals surface area contributed by atoms with Crippen LogP contribution in [0.4, 0.5) is 0 Å². The third-order valence-corrected chi connectivity index (χ3v) is 4.81. The molecule has 24 heavy (non-hydrogen) atoms. The molecule has 8 heteroatoms. The average Bonchev–Trinajstić information content (AvgIpc) is 3.25. The Morgan fingerprint density at radius 3 is 2.96 bits per heavy atom. The quantitative estimate of drug-likeness (QED) is 0.758. The summed E-state index contributed by atoms with van der Waals surface area (Å²) in [5, 5.41) is 7.46. The molecule has 0 aliphatic carbocycles. The van der Waals surface area contributed by atoms with E-state index in [0.717, 1.165) is 24.3 Å². The molecule has 2 heterocycles. The largest absolute Gasteiger partial charge is 0.368 e. The number of carbonyl (C=O) groups excluding carboxylic acids is 1. The summed E-state index contributed by atoms with van der Waals surface area (Å²) in [6.45, 7) is 1.22. The van der Waals surface area contributed by atoms with Crippen molar-refractivity contribution >= 4 is 29.3 Å². The number of carbonyl (C=O) groups is 1. The molecule has 0 saturated carbocycles. The van der Waals surface area contributed by atoms with Gasteiger partial charge in [0.2, 0.25) is 5.91 Å². The number of nitrogens with one attached hydrogen (secondary N) is 1. The molecule has 1 atom stereocenters. The van der Waals surface area contributed by atoms with Gasteiger partial charge in [-0.2, -0.15) is 4.98 Å². The van der Waals surface area contributed by atoms with E-state index >= 15 is 0 Å². The molecule has 1 saturated heterocycles. The third-order valence-electron chi connectivity index (χ3n) is 3.54. The number of hydrogen-bond donors (Lipinski definition) is 1. The molecule has 2 aromatic rings. The number of nitrogens with zero attached hydrogens (tertiary/aromatic N) is 2. The van der Waals surface area contributed by atoms with Crippen molar-refractivity contribution in [2.24, 2.45) is 0 Å². The van der Waals surface area contributed by atoms with Crippen molar-refractivity contribution in [3.63, 3.8) is 0 Å². The summed E-state index contributed by atoms with van der Waals surface area (Å²) in [6, 6.07) is 7.41. The van der Waals surface area contributed by atoms with Crippen molar-refractivity contribution < 1.29 is 14.1 Å². The highest BCUT2D eigenvalue weighted by molar-refractivity contribution is 8.00. The summed E-state index contributed by atoms with van der Waals surface area (Å²) >= 11 is 7.30. The molecule has 0 radical (unpaired) electrons. The van der Waals surface area contributed by atoms with Crippen molar-refractivity contribution in [1.82, 2.24) is 15.5 Å². The predicted molar refractivity (Wildman–Crippen MR) is 91.1 cm³/mol. The van der Waals surface area contributed by atoms with E-state index in [4.69, 9.17) is 20.9 Å². The first kappa shape index (κ1) is 17.3. The minimum absolute atomic E-state index is 0.0298. The fourth-order valence-corrected chi connectivity index (χ4v) is 3.17. The lowest BCUT2D eigenvalue weighted by Crippen LogP contribution is -2.27. The van der Waals surface area contributed by atoms with Gasteiger partial charge in [-0.1, -0.05) is 16.8 Å². The molecule has 1 fully saturated rings. The Hall–Kier alpha value is -1.57. The lowest BCUT2D eigenvalue weighted by atomic mass is 10.2. The lowest BCUT2D eigenvalue weighted by Gasteiger charge is -2.04. The van der Waals surface area contributed by atoms with Gasteiger partial charge in [-0.25, -0.2) is 0 Å². The zero-order valence-electron chi connectivity index (χ0n) is 13.0. The van der Waals surface area contributed by atoms with Gasteiger partial charge in [0.1, 0.15) is 6.10 Å². The fourth-order valence-electron chi connectivity index (χ4n) is 2.32. The van der Waals surface area contributed by atoms with Crippen LogP contribution in [-0.2, 0) is 16.0 Å². The van der Waals surface area contributed by atoms with E-state index in [2.05, 4.69) is 15.5 Å². The van der Waals surface area contributed by atoms with Crippen molar-refractivity contribution in [3.05, 3.63) is 41.0 Å². The van der Waals surface area contributed by atoms with Crippen LogP contribution in [0.3, 0.4) is 0 Å².